The van der Waals surface area contributed by atoms with E-state index in [9.17, 15) is 4.79 Å². The molecule has 2 rings (SSSR count). The molecular weight excluding hydrogens is 300 g/mol. The first-order valence-electron chi connectivity index (χ1n) is 7.88. The highest BCUT2D eigenvalue weighted by atomic mass is 16.6. The Morgan fingerprint density at radius 2 is 1.22 bits per heavy atom. The lowest BCUT2D eigenvalue weighted by molar-refractivity contribution is 0.00206. The van der Waals surface area contributed by atoms with Gasteiger partial charge in [0.05, 0.1) is 52.9 Å². The van der Waals surface area contributed by atoms with Crippen LogP contribution in [0, 0.1) is 0 Å². The molecule has 1 aromatic heterocycles. The highest BCUT2D eigenvalue weighted by Gasteiger charge is 2.15. The van der Waals surface area contributed by atoms with Crippen LogP contribution in [0.15, 0.2) is 24.5 Å². The lowest BCUT2D eigenvalue weighted by Crippen LogP contribution is -2.37. The van der Waals surface area contributed by atoms with E-state index in [1.54, 1.807) is 29.4 Å². The fourth-order valence-electron chi connectivity index (χ4n) is 2.10. The van der Waals surface area contributed by atoms with Crippen molar-refractivity contribution in [3.63, 3.8) is 0 Å². The minimum Gasteiger partial charge on any atom is -0.377 e. The highest BCUT2D eigenvalue weighted by Crippen LogP contribution is 2.04. The Bertz CT molecular complexity index is 427. The molecule has 2 heterocycles. The van der Waals surface area contributed by atoms with Gasteiger partial charge in [0, 0.05) is 31.0 Å². The molecule has 1 saturated heterocycles. The average Bonchev–Trinajstić information content (AvgIpc) is 2.60. The summed E-state index contributed by atoms with van der Waals surface area (Å²) < 4.78 is 21.8. The Hall–Kier alpha value is -1.54. The molecule has 1 aliphatic heterocycles. The standard InChI is InChI=1S/C16H24N2O5/c19-16(15-1-3-17-4-2-15)18-5-7-20-9-11-22-13-14-23-12-10-21-8-6-18/h1-4H,5-14H2. The van der Waals surface area contributed by atoms with Gasteiger partial charge in [0.1, 0.15) is 0 Å². The molecule has 1 fully saturated rings. The molecule has 0 aliphatic carbocycles. The molecule has 1 aliphatic rings. The number of hydrogen-bond acceptors (Lipinski definition) is 6. The second kappa shape index (κ2) is 11.1. The third-order valence-electron chi connectivity index (χ3n) is 3.34. The number of carbonyl (C=O) groups is 1. The molecule has 1 aromatic rings. The van der Waals surface area contributed by atoms with Crippen molar-refractivity contribution in [3.05, 3.63) is 30.1 Å². The number of nitrogens with zero attached hydrogens (tertiary/aromatic N) is 2. The Kier molecular flexibility index (Phi) is 8.57. The molecule has 0 bridgehead atoms. The Morgan fingerprint density at radius 1 is 0.783 bits per heavy atom. The summed E-state index contributed by atoms with van der Waals surface area (Å²) in [5, 5.41) is 0. The fraction of sp³-hybridized carbons (Fsp3) is 0.625. The van der Waals surface area contributed by atoms with Crippen LogP contribution in [0.3, 0.4) is 0 Å². The van der Waals surface area contributed by atoms with Crippen molar-refractivity contribution in [1.82, 2.24) is 9.88 Å². The number of hydrogen-bond donors (Lipinski definition) is 0. The van der Waals surface area contributed by atoms with Gasteiger partial charge in [0.2, 0.25) is 0 Å². The van der Waals surface area contributed by atoms with Crippen molar-refractivity contribution in [3.8, 4) is 0 Å². The van der Waals surface area contributed by atoms with Crippen LogP contribution in [-0.2, 0) is 18.9 Å². The third-order valence-corrected chi connectivity index (χ3v) is 3.34. The van der Waals surface area contributed by atoms with Crippen molar-refractivity contribution in [2.75, 3.05) is 65.9 Å². The van der Waals surface area contributed by atoms with Crippen LogP contribution in [0.1, 0.15) is 10.4 Å². The highest BCUT2D eigenvalue weighted by molar-refractivity contribution is 5.94. The zero-order chi connectivity index (χ0) is 16.2. The van der Waals surface area contributed by atoms with Gasteiger partial charge >= 0.3 is 0 Å². The number of ether oxygens (including phenoxy) is 4. The summed E-state index contributed by atoms with van der Waals surface area (Å²) in [5.41, 5.74) is 0.615. The quantitative estimate of drug-likeness (QED) is 0.754. The van der Waals surface area contributed by atoms with Crippen LogP contribution in [0.25, 0.3) is 0 Å². The van der Waals surface area contributed by atoms with Crippen LogP contribution in [0.2, 0.25) is 0 Å². The van der Waals surface area contributed by atoms with Crippen LogP contribution in [0.4, 0.5) is 0 Å². The van der Waals surface area contributed by atoms with Gasteiger partial charge in [0.15, 0.2) is 0 Å². The first-order valence-corrected chi connectivity index (χ1v) is 7.88. The molecule has 0 radical (unpaired) electrons. The van der Waals surface area contributed by atoms with Crippen LogP contribution >= 0.6 is 0 Å². The molecule has 7 nitrogen and oxygen atoms in total. The van der Waals surface area contributed by atoms with Gasteiger partial charge in [-0.2, -0.15) is 0 Å². The number of carbonyl (C=O) groups excluding carboxylic acids is 1. The fourth-order valence-corrected chi connectivity index (χ4v) is 2.10. The molecule has 0 saturated carbocycles. The van der Waals surface area contributed by atoms with Crippen LogP contribution in [0.5, 0.6) is 0 Å². The molecule has 0 aromatic carbocycles. The largest absolute Gasteiger partial charge is 0.377 e. The average molecular weight is 324 g/mol. The van der Waals surface area contributed by atoms with Crippen molar-refractivity contribution in [2.45, 2.75) is 0 Å². The second-order valence-corrected chi connectivity index (χ2v) is 4.98. The molecule has 0 N–H and O–H groups in total. The topological polar surface area (TPSA) is 70.1 Å². The van der Waals surface area contributed by atoms with E-state index in [-0.39, 0.29) is 5.91 Å². The number of amides is 1. The lowest BCUT2D eigenvalue weighted by Gasteiger charge is -2.22. The van der Waals surface area contributed by atoms with Gasteiger partial charge in [-0.15, -0.1) is 0 Å². The summed E-state index contributed by atoms with van der Waals surface area (Å²) in [6.45, 7) is 5.14. The van der Waals surface area contributed by atoms with E-state index in [1.807, 2.05) is 0 Å². The first kappa shape index (κ1) is 17.8. The minimum absolute atomic E-state index is 0.0450. The van der Waals surface area contributed by atoms with Gasteiger partial charge in [-0.1, -0.05) is 0 Å². The smallest absolute Gasteiger partial charge is 0.254 e. The predicted octanol–water partition coefficient (Wildman–Crippen LogP) is 0.604. The van der Waals surface area contributed by atoms with Crippen molar-refractivity contribution in [2.24, 2.45) is 0 Å². The second-order valence-electron chi connectivity index (χ2n) is 4.98. The summed E-state index contributed by atoms with van der Waals surface area (Å²) in [6.07, 6.45) is 3.23. The minimum atomic E-state index is -0.0450. The predicted molar refractivity (Wildman–Crippen MR) is 83.4 cm³/mol. The Morgan fingerprint density at radius 3 is 1.70 bits per heavy atom. The Labute approximate surface area is 136 Å². The van der Waals surface area contributed by atoms with Gasteiger partial charge in [-0.05, 0) is 12.1 Å². The maximum absolute atomic E-state index is 12.5. The normalized spacial score (nSPS) is 19.6. The molecule has 128 valence electrons. The van der Waals surface area contributed by atoms with E-state index in [4.69, 9.17) is 18.9 Å². The van der Waals surface area contributed by atoms with E-state index < -0.39 is 0 Å². The molecule has 0 spiro atoms. The van der Waals surface area contributed by atoms with Gasteiger partial charge in [0.25, 0.3) is 5.91 Å². The zero-order valence-corrected chi connectivity index (χ0v) is 13.3. The third kappa shape index (κ3) is 7.04. The van der Waals surface area contributed by atoms with Gasteiger partial charge in [-0.25, -0.2) is 0 Å². The van der Waals surface area contributed by atoms with E-state index in [2.05, 4.69) is 4.98 Å². The van der Waals surface area contributed by atoms with Crippen LogP contribution < -0.4 is 0 Å². The molecule has 7 heteroatoms. The maximum atomic E-state index is 12.5. The number of pyridine rings is 1. The molecule has 23 heavy (non-hydrogen) atoms. The van der Waals surface area contributed by atoms with Crippen molar-refractivity contribution < 1.29 is 23.7 Å². The lowest BCUT2D eigenvalue weighted by atomic mass is 10.2. The first-order chi connectivity index (χ1) is 11.4. The molecular formula is C16H24N2O5. The summed E-state index contributed by atoms with van der Waals surface area (Å²) >= 11 is 0. The molecule has 1 amide bonds. The zero-order valence-electron chi connectivity index (χ0n) is 13.3. The van der Waals surface area contributed by atoms with Crippen molar-refractivity contribution in [1.29, 1.82) is 0 Å². The number of rotatable bonds is 1. The molecule has 0 unspecified atom stereocenters. The Balaban J connectivity index is 1.87. The van der Waals surface area contributed by atoms with Gasteiger partial charge in [-0.3, -0.25) is 9.78 Å². The SMILES string of the molecule is O=C(c1ccncc1)N1CCOCCOCCOCCOCC1. The summed E-state index contributed by atoms with van der Waals surface area (Å²) in [6, 6.07) is 3.42. The monoisotopic (exact) mass is 324 g/mol. The van der Waals surface area contributed by atoms with E-state index in [1.165, 1.54) is 0 Å². The summed E-state index contributed by atoms with van der Waals surface area (Å²) in [4.78, 5) is 18.2. The summed E-state index contributed by atoms with van der Waals surface area (Å²) in [5.74, 6) is -0.0450. The maximum Gasteiger partial charge on any atom is 0.254 e. The molecule has 0 atom stereocenters. The summed E-state index contributed by atoms with van der Waals surface area (Å²) in [7, 11) is 0. The van der Waals surface area contributed by atoms with Gasteiger partial charge < -0.3 is 23.8 Å². The van der Waals surface area contributed by atoms with E-state index in [0.29, 0.717) is 71.5 Å². The van der Waals surface area contributed by atoms with Crippen molar-refractivity contribution >= 4 is 5.91 Å². The van der Waals surface area contributed by atoms with E-state index >= 15 is 0 Å². The van der Waals surface area contributed by atoms with E-state index in [0.717, 1.165) is 0 Å². The number of aromatic nitrogens is 1. The van der Waals surface area contributed by atoms with Crippen LogP contribution in [-0.4, -0.2) is 81.7 Å².